The topological polar surface area (TPSA) is 64.6 Å². The highest BCUT2D eigenvalue weighted by atomic mass is 35.5. The van der Waals surface area contributed by atoms with Crippen LogP contribution in [0.2, 0.25) is 5.15 Å². The lowest BCUT2D eigenvalue weighted by Crippen LogP contribution is -2.25. The number of benzene rings is 1. The third-order valence-electron chi connectivity index (χ3n) is 3.57. The summed E-state index contributed by atoms with van der Waals surface area (Å²) in [6, 6.07) is 7.32. The standard InChI is InChI=1S/C16H16ClN3O3/c1-20(2)16(21)23-13-9-14(17)18-19-15(13)22-12-8-4-6-10-5-3-7-11(10)12/h4,6,8-9H,3,5,7H2,1-2H3. The molecule has 1 heterocycles. The van der Waals surface area contributed by atoms with Gasteiger partial charge in [0.25, 0.3) is 5.88 Å². The van der Waals surface area contributed by atoms with E-state index in [4.69, 9.17) is 21.1 Å². The van der Waals surface area contributed by atoms with Crippen LogP contribution in [0.3, 0.4) is 0 Å². The molecule has 2 aromatic rings. The van der Waals surface area contributed by atoms with E-state index in [1.54, 1.807) is 14.1 Å². The first-order chi connectivity index (χ1) is 11.0. The van der Waals surface area contributed by atoms with Gasteiger partial charge in [0.05, 0.1) is 0 Å². The highest BCUT2D eigenvalue weighted by molar-refractivity contribution is 6.29. The van der Waals surface area contributed by atoms with E-state index < -0.39 is 6.09 Å². The second-order valence-electron chi connectivity index (χ2n) is 5.45. The largest absolute Gasteiger partial charge is 0.435 e. The number of carbonyl (C=O) groups excluding carboxylic acids is 1. The number of fused-ring (bicyclic) bond motifs is 1. The third-order valence-corrected chi connectivity index (χ3v) is 3.75. The van der Waals surface area contributed by atoms with Gasteiger partial charge in [0.15, 0.2) is 10.9 Å². The van der Waals surface area contributed by atoms with Crippen molar-refractivity contribution in [2.24, 2.45) is 0 Å². The Morgan fingerprint density at radius 1 is 1.22 bits per heavy atom. The van der Waals surface area contributed by atoms with Crippen molar-refractivity contribution in [3.63, 3.8) is 0 Å². The first kappa shape index (κ1) is 15.6. The maximum Gasteiger partial charge on any atom is 0.414 e. The molecule has 3 rings (SSSR count). The highest BCUT2D eigenvalue weighted by Crippen LogP contribution is 2.36. The van der Waals surface area contributed by atoms with Gasteiger partial charge >= 0.3 is 6.09 Å². The predicted octanol–water partition coefficient (Wildman–Crippen LogP) is 3.47. The Morgan fingerprint density at radius 3 is 2.83 bits per heavy atom. The summed E-state index contributed by atoms with van der Waals surface area (Å²) in [6.45, 7) is 0. The van der Waals surface area contributed by atoms with Gasteiger partial charge in [0, 0.05) is 20.2 Å². The number of hydrogen-bond donors (Lipinski definition) is 0. The van der Waals surface area contributed by atoms with E-state index in [0.29, 0.717) is 5.75 Å². The van der Waals surface area contributed by atoms with Crippen LogP contribution in [-0.4, -0.2) is 35.3 Å². The average molecular weight is 334 g/mol. The second kappa shape index (κ2) is 6.42. The molecule has 120 valence electrons. The molecular formula is C16H16ClN3O3. The van der Waals surface area contributed by atoms with Crippen molar-refractivity contribution in [2.45, 2.75) is 19.3 Å². The molecule has 0 aliphatic heterocycles. The number of hydrogen-bond acceptors (Lipinski definition) is 5. The van der Waals surface area contributed by atoms with Crippen LogP contribution in [-0.2, 0) is 12.8 Å². The van der Waals surface area contributed by atoms with Gasteiger partial charge in [-0.05, 0) is 36.5 Å². The Bertz CT molecular complexity index is 749. The molecule has 0 N–H and O–H groups in total. The number of nitrogens with zero attached hydrogens (tertiary/aromatic N) is 3. The fraction of sp³-hybridized carbons (Fsp3) is 0.312. The summed E-state index contributed by atoms with van der Waals surface area (Å²) in [5.74, 6) is 0.961. The average Bonchev–Trinajstić information content (AvgIpc) is 2.99. The minimum Gasteiger partial charge on any atom is -0.435 e. The van der Waals surface area contributed by atoms with E-state index in [1.165, 1.54) is 16.5 Å². The molecule has 7 heteroatoms. The number of carbonyl (C=O) groups is 1. The highest BCUT2D eigenvalue weighted by Gasteiger charge is 2.20. The molecule has 23 heavy (non-hydrogen) atoms. The summed E-state index contributed by atoms with van der Waals surface area (Å²) in [6.07, 6.45) is 2.56. The van der Waals surface area contributed by atoms with E-state index >= 15 is 0 Å². The number of amides is 1. The summed E-state index contributed by atoms with van der Waals surface area (Å²) in [4.78, 5) is 13.1. The van der Waals surface area contributed by atoms with Gasteiger partial charge in [-0.1, -0.05) is 23.7 Å². The second-order valence-corrected chi connectivity index (χ2v) is 5.84. The first-order valence-electron chi connectivity index (χ1n) is 7.25. The Balaban J connectivity index is 1.91. The Hall–Kier alpha value is -2.34. The molecule has 0 spiro atoms. The quantitative estimate of drug-likeness (QED) is 0.860. The number of ether oxygens (including phenoxy) is 2. The van der Waals surface area contributed by atoms with Gasteiger partial charge in [0.2, 0.25) is 0 Å². The fourth-order valence-electron chi connectivity index (χ4n) is 2.45. The summed E-state index contributed by atoms with van der Waals surface area (Å²) >= 11 is 5.84. The fourth-order valence-corrected chi connectivity index (χ4v) is 2.59. The predicted molar refractivity (Wildman–Crippen MR) is 85.3 cm³/mol. The van der Waals surface area contributed by atoms with Crippen LogP contribution in [0.25, 0.3) is 0 Å². The zero-order chi connectivity index (χ0) is 16.4. The van der Waals surface area contributed by atoms with Crippen LogP contribution < -0.4 is 9.47 Å². The maximum atomic E-state index is 11.8. The van der Waals surface area contributed by atoms with E-state index in [9.17, 15) is 4.79 Å². The molecule has 0 radical (unpaired) electrons. The van der Waals surface area contributed by atoms with E-state index in [0.717, 1.165) is 24.8 Å². The van der Waals surface area contributed by atoms with Crippen molar-refractivity contribution >= 4 is 17.7 Å². The van der Waals surface area contributed by atoms with Gasteiger partial charge in [-0.25, -0.2) is 4.79 Å². The molecular weight excluding hydrogens is 318 g/mol. The van der Waals surface area contributed by atoms with Gasteiger partial charge in [0.1, 0.15) is 5.75 Å². The molecule has 0 fully saturated rings. The Morgan fingerprint density at radius 2 is 2.04 bits per heavy atom. The third kappa shape index (κ3) is 3.37. The van der Waals surface area contributed by atoms with Crippen LogP contribution in [0.1, 0.15) is 17.5 Å². The summed E-state index contributed by atoms with van der Waals surface area (Å²) in [5, 5.41) is 7.80. The minimum atomic E-state index is -0.544. The van der Waals surface area contributed by atoms with E-state index in [2.05, 4.69) is 16.3 Å². The molecule has 1 aromatic heterocycles. The van der Waals surface area contributed by atoms with Crippen molar-refractivity contribution < 1.29 is 14.3 Å². The smallest absolute Gasteiger partial charge is 0.414 e. The van der Waals surface area contributed by atoms with Crippen molar-refractivity contribution in [3.8, 4) is 17.4 Å². The van der Waals surface area contributed by atoms with Crippen LogP contribution in [0, 0.1) is 0 Å². The van der Waals surface area contributed by atoms with Crippen molar-refractivity contribution in [1.29, 1.82) is 0 Å². The number of aromatic nitrogens is 2. The van der Waals surface area contributed by atoms with Crippen LogP contribution in [0.15, 0.2) is 24.3 Å². The minimum absolute atomic E-state index is 0.116. The van der Waals surface area contributed by atoms with E-state index in [-0.39, 0.29) is 16.8 Å². The summed E-state index contributed by atoms with van der Waals surface area (Å²) < 4.78 is 11.1. The van der Waals surface area contributed by atoms with Crippen LogP contribution in [0.5, 0.6) is 17.4 Å². The lowest BCUT2D eigenvalue weighted by molar-refractivity contribution is 0.170. The van der Waals surface area contributed by atoms with Gasteiger partial charge in [-0.3, -0.25) is 0 Å². The van der Waals surface area contributed by atoms with Crippen LogP contribution in [0.4, 0.5) is 4.79 Å². The SMILES string of the molecule is CN(C)C(=O)Oc1cc(Cl)nnc1Oc1cccc2c1CCC2. The van der Waals surface area contributed by atoms with Crippen LogP contribution >= 0.6 is 11.6 Å². The molecule has 0 saturated carbocycles. The Kier molecular flexibility index (Phi) is 4.34. The normalized spacial score (nSPS) is 12.7. The van der Waals surface area contributed by atoms with Crippen molar-refractivity contribution in [2.75, 3.05) is 14.1 Å². The van der Waals surface area contributed by atoms with Gasteiger partial charge in [-0.2, -0.15) is 0 Å². The molecule has 1 aromatic carbocycles. The van der Waals surface area contributed by atoms with Crippen molar-refractivity contribution in [3.05, 3.63) is 40.5 Å². The molecule has 0 bridgehead atoms. The lowest BCUT2D eigenvalue weighted by Gasteiger charge is -2.14. The molecule has 0 saturated heterocycles. The maximum absolute atomic E-state index is 11.8. The van der Waals surface area contributed by atoms with Gasteiger partial charge < -0.3 is 14.4 Å². The molecule has 1 aliphatic rings. The zero-order valence-electron chi connectivity index (χ0n) is 12.9. The summed E-state index contributed by atoms with van der Waals surface area (Å²) in [7, 11) is 3.17. The molecule has 0 atom stereocenters. The van der Waals surface area contributed by atoms with Crippen molar-refractivity contribution in [1.82, 2.24) is 15.1 Å². The van der Waals surface area contributed by atoms with E-state index in [1.807, 2.05) is 12.1 Å². The van der Waals surface area contributed by atoms with Gasteiger partial charge in [-0.15, -0.1) is 10.2 Å². The number of halogens is 1. The number of aryl methyl sites for hydroxylation is 1. The molecule has 1 aliphatic carbocycles. The first-order valence-corrected chi connectivity index (χ1v) is 7.63. The number of rotatable bonds is 3. The Labute approximate surface area is 139 Å². The molecule has 1 amide bonds. The molecule has 0 unspecified atom stereocenters. The lowest BCUT2D eigenvalue weighted by atomic mass is 10.1. The summed E-state index contributed by atoms with van der Waals surface area (Å²) in [5.41, 5.74) is 2.44. The zero-order valence-corrected chi connectivity index (χ0v) is 13.6. The monoisotopic (exact) mass is 333 g/mol. The molecule has 6 nitrogen and oxygen atoms in total.